The lowest BCUT2D eigenvalue weighted by molar-refractivity contribution is -0.570. The number of hydrogen-bond acceptors (Lipinski definition) is 3. The van der Waals surface area contributed by atoms with Gasteiger partial charge in [0.1, 0.15) is 5.66 Å². The number of esters is 2. The summed E-state index contributed by atoms with van der Waals surface area (Å²) in [4.78, 5) is 23.1. The molecule has 0 radical (unpaired) electrons. The summed E-state index contributed by atoms with van der Waals surface area (Å²) in [5.74, 6) is -0.636. The molecule has 0 saturated heterocycles. The molecule has 2 aliphatic rings. The topological polar surface area (TPSA) is 51.1 Å². The third kappa shape index (κ3) is 3.08. The second-order valence-corrected chi connectivity index (χ2v) is 9.29. The summed E-state index contributed by atoms with van der Waals surface area (Å²) in [6, 6.07) is 20.8. The van der Waals surface area contributed by atoms with Gasteiger partial charge >= 0.3 is 19.8 Å². The third-order valence-corrected chi connectivity index (χ3v) is 8.08. The second kappa shape index (κ2) is 6.84. The maximum Gasteiger partial charge on any atom is 0.415 e. The van der Waals surface area contributed by atoms with Crippen molar-refractivity contribution in [1.82, 2.24) is 0 Å². The van der Waals surface area contributed by atoms with Gasteiger partial charge in [-0.05, 0) is 18.8 Å². The van der Waals surface area contributed by atoms with E-state index in [0.717, 1.165) is 6.42 Å². The Morgan fingerprint density at radius 1 is 0.893 bits per heavy atom. The number of rotatable bonds is 5. The average Bonchev–Trinajstić information content (AvgIpc) is 3.20. The highest BCUT2D eigenvalue weighted by Crippen LogP contribution is 2.59. The van der Waals surface area contributed by atoms with Crippen LogP contribution in [-0.2, 0) is 14.3 Å². The number of carbonyl (C=O) groups is 2. The van der Waals surface area contributed by atoms with Crippen LogP contribution in [0.1, 0.15) is 18.5 Å². The van der Waals surface area contributed by atoms with Crippen LogP contribution in [0.3, 0.4) is 0 Å². The molecule has 28 heavy (non-hydrogen) atoms. The Labute approximate surface area is 163 Å². The summed E-state index contributed by atoms with van der Waals surface area (Å²) in [7, 11) is -0.666. The highest BCUT2D eigenvalue weighted by molar-refractivity contribution is 7.35. The molecule has 5 rings (SSSR count). The van der Waals surface area contributed by atoms with Crippen molar-refractivity contribution in [1.29, 1.82) is 0 Å². The molecule has 0 N–H and O–H groups in total. The summed E-state index contributed by atoms with van der Waals surface area (Å²) in [6.07, 6.45) is 7.30. The number of cyclic esters (lactones) is 2. The molecular formula is C22H19N2O3P+2. The summed E-state index contributed by atoms with van der Waals surface area (Å²) < 4.78 is 9.37. The Bertz CT molecular complexity index is 1030. The van der Waals surface area contributed by atoms with Crippen LogP contribution in [0.2, 0.25) is 0 Å². The quantitative estimate of drug-likeness (QED) is 0.497. The van der Waals surface area contributed by atoms with Crippen LogP contribution < -0.4 is 8.66 Å². The van der Waals surface area contributed by atoms with E-state index in [9.17, 15) is 9.59 Å². The summed E-state index contributed by atoms with van der Waals surface area (Å²) in [6.45, 7) is 0. The van der Waals surface area contributed by atoms with Gasteiger partial charge in [-0.15, -0.1) is 8.66 Å². The van der Waals surface area contributed by atoms with Gasteiger partial charge in [0.25, 0.3) is 0 Å². The lowest BCUT2D eigenvalue weighted by Crippen LogP contribution is -2.33. The summed E-state index contributed by atoms with van der Waals surface area (Å²) in [5, 5.41) is 0. The molecule has 2 aromatic carbocycles. The largest absolute Gasteiger partial charge is 0.415 e. The van der Waals surface area contributed by atoms with E-state index in [1.165, 1.54) is 17.5 Å². The normalized spacial score (nSPS) is 20.8. The third-order valence-electron chi connectivity index (χ3n) is 5.24. The van der Waals surface area contributed by atoms with Gasteiger partial charge in [0, 0.05) is 35.9 Å². The zero-order valence-corrected chi connectivity index (χ0v) is 16.0. The van der Waals surface area contributed by atoms with E-state index >= 15 is 0 Å². The van der Waals surface area contributed by atoms with Crippen molar-refractivity contribution in [3.05, 3.63) is 84.7 Å². The molecule has 1 saturated carbocycles. The Balaban J connectivity index is 1.51. The van der Waals surface area contributed by atoms with E-state index in [2.05, 4.69) is 74.3 Å². The number of para-hydroxylation sites is 2. The standard InChI is InChI=1S/C22H19N2O3P/c25-21-15-17(22(26)27-21)13-16-14-20(16)28-23(18-7-3-1-4-8-18)11-12-24(28)19-9-5-2-6-10-19/h1-12,15-16,20H,13-14H2/q+2. The van der Waals surface area contributed by atoms with E-state index in [-0.39, 0.29) is 0 Å². The second-order valence-electron chi connectivity index (χ2n) is 7.12. The van der Waals surface area contributed by atoms with E-state index in [4.69, 9.17) is 0 Å². The van der Waals surface area contributed by atoms with Gasteiger partial charge in [-0.1, -0.05) is 36.4 Å². The van der Waals surface area contributed by atoms with Crippen LogP contribution >= 0.6 is 7.85 Å². The number of nitrogens with zero attached hydrogens (tertiary/aromatic N) is 2. The van der Waals surface area contributed by atoms with E-state index < -0.39 is 19.8 Å². The summed E-state index contributed by atoms with van der Waals surface area (Å²) >= 11 is 0. The molecule has 2 unspecified atom stereocenters. The van der Waals surface area contributed by atoms with Crippen LogP contribution in [0, 0.1) is 5.92 Å². The highest BCUT2D eigenvalue weighted by Gasteiger charge is 2.53. The smallest absolute Gasteiger partial charge is 0.386 e. The van der Waals surface area contributed by atoms with Gasteiger partial charge in [0.2, 0.25) is 23.8 Å². The van der Waals surface area contributed by atoms with Crippen LogP contribution in [0.25, 0.3) is 11.4 Å². The predicted octanol–water partition coefficient (Wildman–Crippen LogP) is 3.19. The molecule has 1 fully saturated rings. The van der Waals surface area contributed by atoms with Gasteiger partial charge in [0.15, 0.2) is 0 Å². The van der Waals surface area contributed by atoms with Gasteiger partial charge in [-0.2, -0.15) is 0 Å². The zero-order chi connectivity index (χ0) is 19.1. The minimum absolute atomic E-state index is 0.383. The number of hydrogen-bond donors (Lipinski definition) is 0. The maximum atomic E-state index is 11.8. The minimum Gasteiger partial charge on any atom is -0.386 e. The van der Waals surface area contributed by atoms with Crippen LogP contribution in [0.5, 0.6) is 0 Å². The number of ether oxygens (including phenoxy) is 1. The monoisotopic (exact) mass is 390 g/mol. The minimum atomic E-state index is -0.666. The number of carbonyl (C=O) groups excluding carboxylic acids is 2. The molecule has 2 atom stereocenters. The van der Waals surface area contributed by atoms with Crippen molar-refractivity contribution in [2.45, 2.75) is 18.5 Å². The highest BCUT2D eigenvalue weighted by atomic mass is 31.1. The molecule has 0 spiro atoms. The fourth-order valence-corrected chi connectivity index (χ4v) is 6.72. The first-order valence-corrected chi connectivity index (χ1v) is 10.6. The average molecular weight is 390 g/mol. The number of benzene rings is 2. The van der Waals surface area contributed by atoms with Crippen LogP contribution in [0.4, 0.5) is 0 Å². The molecule has 3 aromatic rings. The molecule has 6 heteroatoms. The lowest BCUT2D eigenvalue weighted by Gasteiger charge is -1.98. The molecule has 0 bridgehead atoms. The molecule has 1 aliphatic carbocycles. The van der Waals surface area contributed by atoms with Crippen molar-refractivity contribution < 1.29 is 23.0 Å². The van der Waals surface area contributed by atoms with Crippen molar-refractivity contribution in [3.8, 4) is 11.4 Å². The van der Waals surface area contributed by atoms with E-state index in [0.29, 0.717) is 23.6 Å². The maximum absolute atomic E-state index is 11.8. The predicted molar refractivity (Wildman–Crippen MR) is 103 cm³/mol. The van der Waals surface area contributed by atoms with E-state index in [1.54, 1.807) is 0 Å². The first-order valence-electron chi connectivity index (χ1n) is 9.33. The van der Waals surface area contributed by atoms with Crippen molar-refractivity contribution >= 4 is 19.8 Å². The summed E-state index contributed by atoms with van der Waals surface area (Å²) in [5.41, 5.74) is 3.30. The Morgan fingerprint density at radius 3 is 1.96 bits per heavy atom. The molecule has 1 aliphatic heterocycles. The lowest BCUT2D eigenvalue weighted by atomic mass is 10.1. The Hall–Kier alpha value is -3.04. The number of aromatic nitrogens is 2. The molecule has 1 aromatic heterocycles. The molecule has 138 valence electrons. The molecule has 5 nitrogen and oxygen atoms in total. The fourth-order valence-electron chi connectivity index (χ4n) is 3.80. The molecule has 2 heterocycles. The first kappa shape index (κ1) is 17.1. The Kier molecular flexibility index (Phi) is 4.18. The van der Waals surface area contributed by atoms with Crippen LogP contribution in [0.15, 0.2) is 84.7 Å². The van der Waals surface area contributed by atoms with Crippen molar-refractivity contribution in [2.75, 3.05) is 0 Å². The fraction of sp³-hybridized carbons (Fsp3) is 0.182. The van der Waals surface area contributed by atoms with Gasteiger partial charge in [0.05, 0.1) is 0 Å². The van der Waals surface area contributed by atoms with Gasteiger partial charge < -0.3 is 4.74 Å². The Morgan fingerprint density at radius 2 is 1.46 bits per heavy atom. The first-order chi connectivity index (χ1) is 13.7. The zero-order valence-electron chi connectivity index (χ0n) is 15.1. The van der Waals surface area contributed by atoms with Crippen molar-refractivity contribution in [2.24, 2.45) is 5.92 Å². The van der Waals surface area contributed by atoms with E-state index in [1.807, 2.05) is 12.1 Å². The molecule has 0 amide bonds. The van der Waals surface area contributed by atoms with Crippen LogP contribution in [-0.4, -0.2) is 11.9 Å². The SMILES string of the molecule is O=C1C=C(CC2CC2p2[n+](-c3ccccc3)cc[n+]2-c2ccccc2)C(=O)O1. The molecular weight excluding hydrogens is 371 g/mol. The van der Waals surface area contributed by atoms with Gasteiger partial charge in [-0.3, -0.25) is 0 Å². The van der Waals surface area contributed by atoms with Crippen molar-refractivity contribution in [3.63, 3.8) is 0 Å². The van der Waals surface area contributed by atoms with Gasteiger partial charge in [-0.25, -0.2) is 9.59 Å².